The van der Waals surface area contributed by atoms with Crippen molar-refractivity contribution in [1.82, 2.24) is 14.5 Å². The third-order valence-corrected chi connectivity index (χ3v) is 3.49. The molecule has 4 rings (SSSR count). The average molecular weight is 260 g/mol. The van der Waals surface area contributed by atoms with Crippen molar-refractivity contribution in [3.8, 4) is 5.69 Å². The Morgan fingerprint density at radius 1 is 0.950 bits per heavy atom. The highest BCUT2D eigenvalue weighted by atomic mass is 15.2. The second-order valence-corrected chi connectivity index (χ2v) is 4.67. The molecule has 0 spiro atoms. The summed E-state index contributed by atoms with van der Waals surface area (Å²) in [5.74, 6) is 0.476. The van der Waals surface area contributed by atoms with Crippen molar-refractivity contribution in [2.24, 2.45) is 0 Å². The summed E-state index contributed by atoms with van der Waals surface area (Å²) in [6, 6.07) is 16.4. The van der Waals surface area contributed by atoms with Crippen LogP contribution in [0, 0.1) is 0 Å². The molecule has 4 heteroatoms. The van der Waals surface area contributed by atoms with E-state index in [1.807, 2.05) is 28.8 Å². The standard InChI is InChI=1S/C16H12N4/c17-16-19-13-10-18-9-8-15(13)20(16)14-7-3-5-11-4-1-2-6-12(11)14/h1-10H,(H2,17,19). The van der Waals surface area contributed by atoms with Gasteiger partial charge in [-0.3, -0.25) is 9.55 Å². The van der Waals surface area contributed by atoms with Crippen molar-refractivity contribution >= 4 is 27.8 Å². The van der Waals surface area contributed by atoms with Gasteiger partial charge in [-0.1, -0.05) is 36.4 Å². The lowest BCUT2D eigenvalue weighted by Crippen LogP contribution is -2.01. The molecule has 2 aromatic heterocycles. The lowest BCUT2D eigenvalue weighted by Gasteiger charge is -2.10. The molecule has 0 aliphatic heterocycles. The Morgan fingerprint density at radius 2 is 1.80 bits per heavy atom. The zero-order valence-corrected chi connectivity index (χ0v) is 10.7. The fourth-order valence-corrected chi connectivity index (χ4v) is 2.61. The molecule has 0 saturated heterocycles. The van der Waals surface area contributed by atoms with Crippen LogP contribution in [0.25, 0.3) is 27.5 Å². The average Bonchev–Trinajstić information content (AvgIpc) is 2.82. The Morgan fingerprint density at radius 3 is 2.75 bits per heavy atom. The van der Waals surface area contributed by atoms with Crippen molar-refractivity contribution in [2.75, 3.05) is 5.73 Å². The Hall–Kier alpha value is -2.88. The molecule has 0 amide bonds. The lowest BCUT2D eigenvalue weighted by molar-refractivity contribution is 1.12. The summed E-state index contributed by atoms with van der Waals surface area (Å²) in [6.07, 6.45) is 3.48. The minimum Gasteiger partial charge on any atom is -0.369 e. The quantitative estimate of drug-likeness (QED) is 0.572. The van der Waals surface area contributed by atoms with E-state index < -0.39 is 0 Å². The summed E-state index contributed by atoms with van der Waals surface area (Å²) in [6.45, 7) is 0. The van der Waals surface area contributed by atoms with Gasteiger partial charge in [0.1, 0.15) is 5.52 Å². The van der Waals surface area contributed by atoms with Crippen LogP contribution in [0.4, 0.5) is 5.95 Å². The van der Waals surface area contributed by atoms with Gasteiger partial charge in [-0.15, -0.1) is 0 Å². The number of imidazole rings is 1. The molecular weight excluding hydrogens is 248 g/mol. The van der Waals surface area contributed by atoms with Gasteiger partial charge in [-0.2, -0.15) is 0 Å². The molecule has 4 aromatic rings. The van der Waals surface area contributed by atoms with Crippen LogP contribution in [0.2, 0.25) is 0 Å². The minimum absolute atomic E-state index is 0.476. The van der Waals surface area contributed by atoms with E-state index in [9.17, 15) is 0 Å². The number of hydrogen-bond donors (Lipinski definition) is 1. The van der Waals surface area contributed by atoms with Gasteiger partial charge in [0.15, 0.2) is 0 Å². The van der Waals surface area contributed by atoms with Crippen LogP contribution in [-0.2, 0) is 0 Å². The molecule has 0 aliphatic carbocycles. The van der Waals surface area contributed by atoms with Crippen molar-refractivity contribution in [2.45, 2.75) is 0 Å². The molecule has 2 heterocycles. The van der Waals surface area contributed by atoms with Gasteiger partial charge in [0.2, 0.25) is 5.95 Å². The van der Waals surface area contributed by atoms with Crippen LogP contribution in [0.1, 0.15) is 0 Å². The number of rotatable bonds is 1. The van der Waals surface area contributed by atoms with Gasteiger partial charge in [0, 0.05) is 11.6 Å². The van der Waals surface area contributed by atoms with E-state index in [1.54, 1.807) is 12.4 Å². The van der Waals surface area contributed by atoms with E-state index in [0.717, 1.165) is 22.1 Å². The second kappa shape index (κ2) is 4.06. The number of nitrogens with zero attached hydrogens (tertiary/aromatic N) is 3. The number of aromatic nitrogens is 3. The topological polar surface area (TPSA) is 56.7 Å². The van der Waals surface area contributed by atoms with Crippen LogP contribution in [-0.4, -0.2) is 14.5 Å². The molecule has 0 aliphatic rings. The number of nitrogens with two attached hydrogens (primary N) is 1. The lowest BCUT2D eigenvalue weighted by atomic mass is 10.1. The molecule has 96 valence electrons. The molecular formula is C16H12N4. The van der Waals surface area contributed by atoms with Crippen LogP contribution in [0.5, 0.6) is 0 Å². The SMILES string of the molecule is Nc1nc2cnccc2n1-c1cccc2ccccc12. The van der Waals surface area contributed by atoms with E-state index in [-0.39, 0.29) is 0 Å². The van der Waals surface area contributed by atoms with Gasteiger partial charge in [-0.05, 0) is 17.5 Å². The maximum absolute atomic E-state index is 6.10. The molecule has 2 aromatic carbocycles. The number of hydrogen-bond acceptors (Lipinski definition) is 3. The molecule has 20 heavy (non-hydrogen) atoms. The summed E-state index contributed by atoms with van der Waals surface area (Å²) >= 11 is 0. The highest BCUT2D eigenvalue weighted by molar-refractivity contribution is 5.93. The monoisotopic (exact) mass is 260 g/mol. The van der Waals surface area contributed by atoms with Gasteiger partial charge < -0.3 is 5.73 Å². The maximum atomic E-state index is 6.10. The fourth-order valence-electron chi connectivity index (χ4n) is 2.61. The van der Waals surface area contributed by atoms with Gasteiger partial charge in [0.25, 0.3) is 0 Å². The Balaban J connectivity index is 2.14. The summed E-state index contributed by atoms with van der Waals surface area (Å²) in [4.78, 5) is 8.47. The Bertz CT molecular complexity index is 919. The van der Waals surface area contributed by atoms with Crippen LogP contribution in [0.3, 0.4) is 0 Å². The first-order valence-corrected chi connectivity index (χ1v) is 6.41. The van der Waals surface area contributed by atoms with Gasteiger partial charge >= 0.3 is 0 Å². The number of fused-ring (bicyclic) bond motifs is 2. The Labute approximate surface area is 115 Å². The molecule has 0 bridgehead atoms. The van der Waals surface area contributed by atoms with Crippen LogP contribution in [0.15, 0.2) is 60.9 Å². The summed E-state index contributed by atoms with van der Waals surface area (Å²) in [5.41, 5.74) is 8.91. The van der Waals surface area contributed by atoms with Crippen molar-refractivity contribution in [3.63, 3.8) is 0 Å². The third-order valence-electron chi connectivity index (χ3n) is 3.49. The normalized spacial score (nSPS) is 11.2. The summed E-state index contributed by atoms with van der Waals surface area (Å²) in [5, 5.41) is 2.33. The van der Waals surface area contributed by atoms with E-state index in [2.05, 4.69) is 34.2 Å². The molecule has 0 unspecified atom stereocenters. The van der Waals surface area contributed by atoms with E-state index in [0.29, 0.717) is 5.95 Å². The first-order chi connectivity index (χ1) is 9.84. The van der Waals surface area contributed by atoms with E-state index in [4.69, 9.17) is 5.73 Å². The molecule has 4 nitrogen and oxygen atoms in total. The number of pyridine rings is 1. The zero-order valence-electron chi connectivity index (χ0n) is 10.7. The van der Waals surface area contributed by atoms with Crippen LogP contribution >= 0.6 is 0 Å². The van der Waals surface area contributed by atoms with E-state index in [1.165, 1.54) is 5.39 Å². The largest absolute Gasteiger partial charge is 0.369 e. The number of nitrogen functional groups attached to an aromatic ring is 1. The summed E-state index contributed by atoms with van der Waals surface area (Å²) in [7, 11) is 0. The molecule has 0 saturated carbocycles. The molecule has 0 radical (unpaired) electrons. The highest BCUT2D eigenvalue weighted by Crippen LogP contribution is 2.28. The predicted molar refractivity (Wildman–Crippen MR) is 80.8 cm³/mol. The molecule has 0 atom stereocenters. The molecule has 2 N–H and O–H groups in total. The smallest absolute Gasteiger partial charge is 0.206 e. The Kier molecular flexibility index (Phi) is 2.23. The first kappa shape index (κ1) is 11.0. The predicted octanol–water partition coefficient (Wildman–Crippen LogP) is 3.16. The fraction of sp³-hybridized carbons (Fsp3) is 0. The van der Waals surface area contributed by atoms with Crippen molar-refractivity contribution in [1.29, 1.82) is 0 Å². The number of anilines is 1. The second-order valence-electron chi connectivity index (χ2n) is 4.67. The van der Waals surface area contributed by atoms with E-state index >= 15 is 0 Å². The highest BCUT2D eigenvalue weighted by Gasteiger charge is 2.11. The van der Waals surface area contributed by atoms with Gasteiger partial charge in [0.05, 0.1) is 17.4 Å². The van der Waals surface area contributed by atoms with Crippen molar-refractivity contribution < 1.29 is 0 Å². The van der Waals surface area contributed by atoms with Crippen molar-refractivity contribution in [3.05, 3.63) is 60.9 Å². The first-order valence-electron chi connectivity index (χ1n) is 6.41. The molecule has 0 fully saturated rings. The minimum atomic E-state index is 0.476. The van der Waals surface area contributed by atoms with Gasteiger partial charge in [-0.25, -0.2) is 4.98 Å². The number of benzene rings is 2. The third kappa shape index (κ3) is 1.48. The zero-order chi connectivity index (χ0) is 13.5. The summed E-state index contributed by atoms with van der Waals surface area (Å²) < 4.78 is 1.97. The van der Waals surface area contributed by atoms with Crippen LogP contribution < -0.4 is 5.73 Å². The maximum Gasteiger partial charge on any atom is 0.206 e.